The van der Waals surface area contributed by atoms with Crippen molar-refractivity contribution >= 4 is 76.1 Å². The molecule has 0 saturated carbocycles. The molecule has 2 aliphatic rings. The Bertz CT molecular complexity index is 943. The van der Waals surface area contributed by atoms with E-state index in [2.05, 4.69) is 5.32 Å². The van der Waals surface area contributed by atoms with Crippen LogP contribution in [-0.2, 0) is 23.9 Å². The van der Waals surface area contributed by atoms with Gasteiger partial charge < -0.3 is 19.7 Å². The molecule has 2 fully saturated rings. The van der Waals surface area contributed by atoms with Gasteiger partial charge in [-0.15, -0.1) is 11.8 Å². The van der Waals surface area contributed by atoms with Gasteiger partial charge in [-0.25, -0.2) is 9.59 Å². The molecule has 0 aromatic heterocycles. The summed E-state index contributed by atoms with van der Waals surface area (Å²) in [7, 11) is 1.26. The highest BCUT2D eigenvalue weighted by molar-refractivity contribution is 8.01. The number of nitrogens with one attached hydrogen (secondary N) is 1. The summed E-state index contributed by atoms with van der Waals surface area (Å²) in [6.45, 7) is 2.72. The number of thioether (sulfide) groups is 1. The van der Waals surface area contributed by atoms with Crippen molar-refractivity contribution in [3.8, 4) is 0 Å². The van der Waals surface area contributed by atoms with Gasteiger partial charge >= 0.3 is 12.1 Å². The third kappa shape index (κ3) is 5.62. The van der Waals surface area contributed by atoms with Crippen LogP contribution in [0.25, 0.3) is 0 Å². The number of nitrogens with zero attached hydrogens (tertiary/aromatic N) is 2. The number of fused-ring (bicyclic) bond motifs is 1. The van der Waals surface area contributed by atoms with Gasteiger partial charge in [0, 0.05) is 10.4 Å². The second kappa shape index (κ2) is 9.77. The molecular weight excluding hydrogens is 517 g/mol. The zero-order chi connectivity index (χ0) is 24.6. The van der Waals surface area contributed by atoms with Crippen molar-refractivity contribution in [2.75, 3.05) is 25.2 Å². The molecule has 13 heteroatoms. The maximum atomic E-state index is 12.8. The molecule has 3 rings (SSSR count). The lowest BCUT2D eigenvalue weighted by atomic mass is 9.96. The minimum atomic E-state index is -1.81. The average Bonchev–Trinajstić information content (AvgIpc) is 3.01. The summed E-state index contributed by atoms with van der Waals surface area (Å²) in [5.41, 5.74) is 0.380. The highest BCUT2D eigenvalue weighted by Crippen LogP contribution is 2.51. The fourth-order valence-corrected chi connectivity index (χ4v) is 5.48. The predicted molar refractivity (Wildman–Crippen MR) is 125 cm³/mol. The molecule has 2 saturated heterocycles. The number of hydrogen-bond acceptors (Lipinski definition) is 7. The van der Waals surface area contributed by atoms with E-state index in [1.54, 1.807) is 30.3 Å². The third-order valence-corrected chi connectivity index (χ3v) is 7.03. The molecule has 1 aromatic carbocycles. The molecule has 0 radical (unpaired) electrons. The number of β-lactam (4-membered cyclic amide) rings is 1. The molecule has 9 nitrogen and oxygen atoms in total. The highest BCUT2D eigenvalue weighted by Gasteiger charge is 2.64. The largest absolute Gasteiger partial charge is 0.467 e. The number of methoxy groups -OCH3 is 1. The predicted octanol–water partition coefficient (Wildman–Crippen LogP) is 2.72. The van der Waals surface area contributed by atoms with Crippen molar-refractivity contribution in [1.82, 2.24) is 10.2 Å². The minimum absolute atomic E-state index is 0.380. The first kappa shape index (κ1) is 25.7. The number of carbonyl (C=O) groups is 4. The monoisotopic (exact) mass is 537 g/mol. The number of ether oxygens (including phenoxy) is 2. The lowest BCUT2D eigenvalue weighted by Crippen LogP contribution is -2.71. The van der Waals surface area contributed by atoms with Crippen LogP contribution in [0.1, 0.15) is 13.8 Å². The highest BCUT2D eigenvalue weighted by atomic mass is 35.6. The zero-order valence-electron chi connectivity index (χ0n) is 17.9. The van der Waals surface area contributed by atoms with E-state index in [4.69, 9.17) is 44.3 Å². The van der Waals surface area contributed by atoms with Crippen LogP contribution < -0.4 is 10.2 Å². The lowest BCUT2D eigenvalue weighted by molar-refractivity contribution is -0.162. The molecule has 180 valence electrons. The van der Waals surface area contributed by atoms with E-state index in [1.165, 1.54) is 23.8 Å². The van der Waals surface area contributed by atoms with E-state index in [1.807, 2.05) is 13.8 Å². The van der Waals surface area contributed by atoms with Gasteiger partial charge in [0.05, 0.1) is 7.11 Å². The van der Waals surface area contributed by atoms with Crippen molar-refractivity contribution in [2.24, 2.45) is 0 Å². The molecule has 1 aromatic rings. The fraction of sp³-hybridized carbons (Fsp3) is 0.500. The van der Waals surface area contributed by atoms with Gasteiger partial charge in [0.2, 0.25) is 15.6 Å². The second-order valence-electron chi connectivity index (χ2n) is 7.92. The number of benzene rings is 1. The van der Waals surface area contributed by atoms with Crippen LogP contribution in [-0.4, -0.2) is 75.0 Å². The SMILES string of the molecule is COC(=O)C1N2C(=O)C(NC(=O)CN(C(=O)OCC(Cl)(Cl)Cl)c3ccccc3)[C@@H]2SC1(C)C. The summed E-state index contributed by atoms with van der Waals surface area (Å²) < 4.78 is 7.45. The van der Waals surface area contributed by atoms with Gasteiger partial charge in [0.25, 0.3) is 0 Å². The number of rotatable bonds is 6. The van der Waals surface area contributed by atoms with Crippen molar-refractivity contribution in [3.05, 3.63) is 30.3 Å². The Morgan fingerprint density at radius 1 is 1.21 bits per heavy atom. The first-order valence-corrected chi connectivity index (χ1v) is 11.8. The Morgan fingerprint density at radius 2 is 1.85 bits per heavy atom. The van der Waals surface area contributed by atoms with Gasteiger partial charge in [0.1, 0.15) is 30.6 Å². The van der Waals surface area contributed by atoms with Crippen molar-refractivity contribution < 1.29 is 28.7 Å². The van der Waals surface area contributed by atoms with Crippen LogP contribution in [0.3, 0.4) is 0 Å². The summed E-state index contributed by atoms with van der Waals surface area (Å²) in [4.78, 5) is 52.8. The topological polar surface area (TPSA) is 105 Å². The number of alkyl halides is 3. The van der Waals surface area contributed by atoms with Gasteiger partial charge in [-0.1, -0.05) is 53.0 Å². The smallest absolute Gasteiger partial charge is 0.414 e. The molecule has 0 spiro atoms. The Kier molecular flexibility index (Phi) is 7.62. The van der Waals surface area contributed by atoms with Gasteiger partial charge in [-0.05, 0) is 26.0 Å². The average molecular weight is 539 g/mol. The number of hydrogen-bond donors (Lipinski definition) is 1. The maximum Gasteiger partial charge on any atom is 0.414 e. The van der Waals surface area contributed by atoms with Crippen LogP contribution in [0, 0.1) is 0 Å². The fourth-order valence-electron chi connectivity index (χ4n) is 3.69. The number of carbonyl (C=O) groups excluding carboxylic acids is 4. The van der Waals surface area contributed by atoms with Crippen molar-refractivity contribution in [3.63, 3.8) is 0 Å². The Hall–Kier alpha value is -1.88. The third-order valence-electron chi connectivity index (χ3n) is 5.13. The van der Waals surface area contributed by atoms with Crippen molar-refractivity contribution in [2.45, 2.75) is 39.8 Å². The molecule has 0 bridgehead atoms. The van der Waals surface area contributed by atoms with Crippen molar-refractivity contribution in [1.29, 1.82) is 0 Å². The second-order valence-corrected chi connectivity index (χ2v) is 12.2. The van der Waals surface area contributed by atoms with Crippen LogP contribution >= 0.6 is 46.6 Å². The Balaban J connectivity index is 1.69. The first-order chi connectivity index (χ1) is 15.4. The van der Waals surface area contributed by atoms with Crippen LogP contribution in [0.5, 0.6) is 0 Å². The lowest BCUT2D eigenvalue weighted by Gasteiger charge is -2.44. The summed E-state index contributed by atoms with van der Waals surface area (Å²) in [6.07, 6.45) is -0.897. The normalized spacial score (nSPS) is 23.3. The first-order valence-electron chi connectivity index (χ1n) is 9.79. The summed E-state index contributed by atoms with van der Waals surface area (Å²) in [5.74, 6) is -1.51. The molecule has 3 atom stereocenters. The standard InChI is InChI=1S/C20H22Cl3N3O6S/c1-19(2)14(17(29)31-3)26-15(28)13(16(26)33-19)24-12(27)9-25(11-7-5-4-6-8-11)18(30)32-10-20(21,22)23/h4-8,13-14,16H,9-10H2,1-3H3,(H,24,27)/t13?,14?,16-/m0/s1. The van der Waals surface area contributed by atoms with E-state index >= 15 is 0 Å². The van der Waals surface area contributed by atoms with Gasteiger partial charge in [-0.3, -0.25) is 14.5 Å². The van der Waals surface area contributed by atoms with E-state index in [0.717, 1.165) is 4.90 Å². The van der Waals surface area contributed by atoms with Gasteiger partial charge in [0.15, 0.2) is 0 Å². The number of halogens is 3. The van der Waals surface area contributed by atoms with E-state index in [-0.39, 0.29) is 0 Å². The number of esters is 1. The summed E-state index contributed by atoms with van der Waals surface area (Å²) in [6, 6.07) is 6.72. The molecule has 1 N–H and O–H groups in total. The molecular formula is C20H22Cl3N3O6S. The molecule has 33 heavy (non-hydrogen) atoms. The molecule has 2 aliphatic heterocycles. The number of anilines is 1. The van der Waals surface area contributed by atoms with E-state index in [0.29, 0.717) is 5.69 Å². The summed E-state index contributed by atoms with van der Waals surface area (Å²) in [5, 5.41) is 2.22. The Morgan fingerprint density at radius 3 is 2.42 bits per heavy atom. The Labute approximate surface area is 210 Å². The van der Waals surface area contributed by atoms with Crippen LogP contribution in [0.15, 0.2) is 30.3 Å². The van der Waals surface area contributed by atoms with E-state index < -0.39 is 63.0 Å². The van der Waals surface area contributed by atoms with Crippen LogP contribution in [0.2, 0.25) is 0 Å². The molecule has 2 unspecified atom stereocenters. The molecule has 0 aliphatic carbocycles. The van der Waals surface area contributed by atoms with E-state index in [9.17, 15) is 19.2 Å². The molecule has 3 amide bonds. The van der Waals surface area contributed by atoms with Gasteiger partial charge in [-0.2, -0.15) is 0 Å². The number of amides is 3. The van der Waals surface area contributed by atoms with Crippen LogP contribution in [0.4, 0.5) is 10.5 Å². The zero-order valence-corrected chi connectivity index (χ0v) is 21.0. The number of para-hydroxylation sites is 1. The minimum Gasteiger partial charge on any atom is -0.467 e. The quantitative estimate of drug-likeness (QED) is 0.337. The summed E-state index contributed by atoms with van der Waals surface area (Å²) >= 11 is 18.3. The maximum absolute atomic E-state index is 12.8. The molecule has 2 heterocycles.